The second kappa shape index (κ2) is 10.4. The molecule has 2 heterocycles. The number of methoxy groups -OCH3 is 4. The van der Waals surface area contributed by atoms with Crippen LogP contribution in [0, 0.1) is 6.92 Å². The number of amides is 2. The molecule has 1 aliphatic rings. The molecule has 11 nitrogen and oxygen atoms in total. The lowest BCUT2D eigenvalue weighted by molar-refractivity contribution is -0.126. The molecular weight excluding hydrogens is 492 g/mol. The van der Waals surface area contributed by atoms with Crippen LogP contribution in [0.25, 0.3) is 0 Å². The summed E-state index contributed by atoms with van der Waals surface area (Å²) in [5.74, 6) is -0.859. The van der Waals surface area contributed by atoms with Gasteiger partial charge in [-0.25, -0.2) is 9.78 Å². The minimum Gasteiger partial charge on any atom is -0.493 e. The molecule has 2 aromatic carbocycles. The van der Waals surface area contributed by atoms with Gasteiger partial charge in [0.1, 0.15) is 11.2 Å². The Kier molecular flexibility index (Phi) is 7.29. The third-order valence-electron chi connectivity index (χ3n) is 6.56. The second-order valence-electron chi connectivity index (χ2n) is 9.03. The Bertz CT molecular complexity index is 1360. The minimum absolute atomic E-state index is 0.00871. The van der Waals surface area contributed by atoms with E-state index in [1.807, 2.05) is 31.2 Å². The number of ether oxygens (including phenoxy) is 4. The van der Waals surface area contributed by atoms with Crippen molar-refractivity contribution in [2.24, 2.45) is 0 Å². The van der Waals surface area contributed by atoms with Crippen molar-refractivity contribution in [3.8, 4) is 17.2 Å². The monoisotopic (exact) mass is 522 g/mol. The van der Waals surface area contributed by atoms with Gasteiger partial charge in [0, 0.05) is 18.7 Å². The van der Waals surface area contributed by atoms with Gasteiger partial charge in [0.15, 0.2) is 17.2 Å². The number of imidazole rings is 1. The van der Waals surface area contributed by atoms with Gasteiger partial charge in [0.2, 0.25) is 11.7 Å². The van der Waals surface area contributed by atoms with Crippen LogP contribution in [0.3, 0.4) is 0 Å². The molecule has 2 amide bonds. The summed E-state index contributed by atoms with van der Waals surface area (Å²) in [6.45, 7) is 3.92. The summed E-state index contributed by atoms with van der Waals surface area (Å²) in [7, 11) is 5.59. The number of carbonyl (C=O) groups excluding carboxylic acids is 3. The molecule has 4 rings (SSSR count). The molecule has 0 saturated heterocycles. The molecule has 1 atom stereocenters. The van der Waals surface area contributed by atoms with E-state index in [9.17, 15) is 14.4 Å². The number of fused-ring (bicyclic) bond motifs is 1. The summed E-state index contributed by atoms with van der Waals surface area (Å²) in [6.07, 6.45) is 1.36. The van der Waals surface area contributed by atoms with E-state index in [0.717, 1.165) is 11.1 Å². The number of anilines is 1. The van der Waals surface area contributed by atoms with E-state index in [2.05, 4.69) is 10.3 Å². The van der Waals surface area contributed by atoms with E-state index in [4.69, 9.17) is 18.9 Å². The lowest BCUT2D eigenvalue weighted by Crippen LogP contribution is -2.64. The molecule has 0 spiro atoms. The van der Waals surface area contributed by atoms with Crippen LogP contribution < -0.4 is 24.4 Å². The first kappa shape index (κ1) is 26.5. The fourth-order valence-electron chi connectivity index (χ4n) is 4.56. The summed E-state index contributed by atoms with van der Waals surface area (Å²) in [5, 5.41) is 2.95. The molecule has 0 radical (unpaired) electrons. The number of nitrogens with zero attached hydrogens (tertiary/aromatic N) is 3. The zero-order valence-electron chi connectivity index (χ0n) is 22.2. The van der Waals surface area contributed by atoms with E-state index in [-0.39, 0.29) is 24.5 Å². The topological polar surface area (TPSA) is 121 Å². The number of aryl methyl sites for hydroxylation is 1. The Labute approximate surface area is 220 Å². The highest BCUT2D eigenvalue weighted by Crippen LogP contribution is 2.44. The van der Waals surface area contributed by atoms with Crippen LogP contribution in [0.15, 0.2) is 42.7 Å². The third-order valence-corrected chi connectivity index (χ3v) is 6.56. The first-order valence-corrected chi connectivity index (χ1v) is 11.8. The average molecular weight is 523 g/mol. The highest BCUT2D eigenvalue weighted by molar-refractivity contribution is 6.15. The van der Waals surface area contributed by atoms with E-state index < -0.39 is 23.3 Å². The van der Waals surface area contributed by atoms with Gasteiger partial charge >= 0.3 is 5.97 Å². The maximum Gasteiger partial charge on any atom is 0.359 e. The van der Waals surface area contributed by atoms with Crippen LogP contribution in [0.2, 0.25) is 0 Å². The average Bonchev–Trinajstić information content (AvgIpc) is 3.35. The van der Waals surface area contributed by atoms with Crippen molar-refractivity contribution in [3.05, 3.63) is 65.2 Å². The van der Waals surface area contributed by atoms with Crippen LogP contribution in [0.4, 0.5) is 5.69 Å². The number of benzene rings is 2. The van der Waals surface area contributed by atoms with Crippen LogP contribution in [-0.2, 0) is 22.6 Å². The van der Waals surface area contributed by atoms with Gasteiger partial charge in [-0.2, -0.15) is 0 Å². The van der Waals surface area contributed by atoms with Gasteiger partial charge in [-0.15, -0.1) is 0 Å². The molecule has 11 heteroatoms. The standard InChI is InChI=1S/C27H30N4O7/c1-16-7-9-17(10-8-16)13-28-26(34)27(2)14-30-15-29-21(25(33)38-6)22(30)24(32)31(27)18-11-19(35-3)23(37-5)20(12-18)36-4/h7-12,15H,13-14H2,1-6H3,(H,28,34)/t27-/m1/s1. The Hall–Kier alpha value is -4.54. The predicted octanol–water partition coefficient (Wildman–Crippen LogP) is 2.74. The molecule has 0 saturated carbocycles. The lowest BCUT2D eigenvalue weighted by atomic mass is 9.93. The van der Waals surface area contributed by atoms with E-state index in [0.29, 0.717) is 22.9 Å². The van der Waals surface area contributed by atoms with Gasteiger partial charge in [-0.05, 0) is 19.4 Å². The van der Waals surface area contributed by atoms with Crippen molar-refractivity contribution in [1.82, 2.24) is 14.9 Å². The molecule has 0 bridgehead atoms. The van der Waals surface area contributed by atoms with Gasteiger partial charge in [0.25, 0.3) is 5.91 Å². The number of hydrogen-bond acceptors (Lipinski definition) is 8. The Morgan fingerprint density at radius 3 is 2.21 bits per heavy atom. The maximum absolute atomic E-state index is 14.1. The van der Waals surface area contributed by atoms with Gasteiger partial charge in [-0.3, -0.25) is 14.5 Å². The summed E-state index contributed by atoms with van der Waals surface area (Å²) < 4.78 is 22.7. The van der Waals surface area contributed by atoms with Gasteiger partial charge in [0.05, 0.1) is 47.0 Å². The first-order chi connectivity index (χ1) is 18.2. The molecule has 1 aliphatic heterocycles. The molecule has 38 heavy (non-hydrogen) atoms. The SMILES string of the molecule is COC(=O)c1ncn2c1C(=O)N(c1cc(OC)c(OC)c(OC)c1)[C@@](C)(C(=O)NCc1ccc(C)cc1)C2. The normalized spacial score (nSPS) is 16.5. The molecule has 0 aliphatic carbocycles. The third kappa shape index (κ3) is 4.51. The summed E-state index contributed by atoms with van der Waals surface area (Å²) in [4.78, 5) is 45.7. The number of esters is 1. The zero-order chi connectivity index (χ0) is 27.6. The highest BCUT2D eigenvalue weighted by atomic mass is 16.5. The second-order valence-corrected chi connectivity index (χ2v) is 9.03. The Morgan fingerprint density at radius 1 is 1.03 bits per heavy atom. The summed E-state index contributed by atoms with van der Waals surface area (Å²) >= 11 is 0. The van der Waals surface area contributed by atoms with Crippen molar-refractivity contribution in [1.29, 1.82) is 0 Å². The van der Waals surface area contributed by atoms with Crippen molar-refractivity contribution < 1.29 is 33.3 Å². The maximum atomic E-state index is 14.1. The number of nitrogens with one attached hydrogen (secondary N) is 1. The Balaban J connectivity index is 1.83. The Morgan fingerprint density at radius 2 is 1.66 bits per heavy atom. The van der Waals surface area contributed by atoms with E-state index >= 15 is 0 Å². The summed E-state index contributed by atoms with van der Waals surface area (Å²) in [5.41, 5.74) is 0.762. The predicted molar refractivity (Wildman–Crippen MR) is 138 cm³/mol. The lowest BCUT2D eigenvalue weighted by Gasteiger charge is -2.43. The largest absolute Gasteiger partial charge is 0.493 e. The van der Waals surface area contributed by atoms with Crippen LogP contribution in [0.1, 0.15) is 39.0 Å². The van der Waals surface area contributed by atoms with Crippen molar-refractivity contribution in [2.45, 2.75) is 32.5 Å². The van der Waals surface area contributed by atoms with Crippen molar-refractivity contribution in [3.63, 3.8) is 0 Å². The fraction of sp³-hybridized carbons (Fsp3) is 0.333. The molecule has 200 valence electrons. The molecule has 1 N–H and O–H groups in total. The minimum atomic E-state index is -1.42. The number of carbonyl (C=O) groups is 3. The molecule has 3 aromatic rings. The fourth-order valence-corrected chi connectivity index (χ4v) is 4.56. The summed E-state index contributed by atoms with van der Waals surface area (Å²) in [6, 6.07) is 10.9. The number of hydrogen-bond donors (Lipinski definition) is 1. The van der Waals surface area contributed by atoms with Crippen LogP contribution in [-0.4, -0.2) is 61.3 Å². The van der Waals surface area contributed by atoms with Gasteiger partial charge in [-0.1, -0.05) is 29.8 Å². The van der Waals surface area contributed by atoms with Crippen LogP contribution in [0.5, 0.6) is 17.2 Å². The molecular formula is C27H30N4O7. The smallest absolute Gasteiger partial charge is 0.359 e. The quantitative estimate of drug-likeness (QED) is 0.449. The van der Waals surface area contributed by atoms with Gasteiger partial charge < -0.3 is 28.8 Å². The number of aromatic nitrogens is 2. The first-order valence-electron chi connectivity index (χ1n) is 11.8. The highest BCUT2D eigenvalue weighted by Gasteiger charge is 2.50. The molecule has 0 fully saturated rings. The molecule has 0 unspecified atom stereocenters. The van der Waals surface area contributed by atoms with E-state index in [1.165, 1.54) is 44.2 Å². The van der Waals surface area contributed by atoms with E-state index in [1.54, 1.807) is 19.1 Å². The van der Waals surface area contributed by atoms with Crippen molar-refractivity contribution >= 4 is 23.5 Å². The number of rotatable bonds is 8. The van der Waals surface area contributed by atoms with Crippen LogP contribution >= 0.6 is 0 Å². The molecule has 1 aromatic heterocycles. The zero-order valence-corrected chi connectivity index (χ0v) is 22.2. The van der Waals surface area contributed by atoms with Crippen molar-refractivity contribution in [2.75, 3.05) is 33.3 Å².